The molecule has 0 radical (unpaired) electrons. The van der Waals surface area contributed by atoms with Gasteiger partial charge >= 0.3 is 0 Å². The van der Waals surface area contributed by atoms with Gasteiger partial charge in [-0.05, 0) is 24.3 Å². The second-order valence-corrected chi connectivity index (χ2v) is 6.49. The Labute approximate surface area is 161 Å². The first-order valence-corrected chi connectivity index (χ1v) is 8.60. The molecule has 8 nitrogen and oxygen atoms in total. The van der Waals surface area contributed by atoms with E-state index in [1.165, 1.54) is 30.3 Å². The monoisotopic (exact) mass is 428 g/mol. The topological polar surface area (TPSA) is 107 Å². The zero-order valence-corrected chi connectivity index (χ0v) is 15.4. The van der Waals surface area contributed by atoms with E-state index in [1.807, 2.05) is 24.3 Å². The number of nitro benzene ring substituents is 1. The minimum Gasteiger partial charge on any atom is -0.324 e. The number of nitrogens with zero attached hydrogens (tertiary/aromatic N) is 3. The fourth-order valence-corrected chi connectivity index (χ4v) is 2.63. The van der Waals surface area contributed by atoms with Crippen LogP contribution in [0, 0.1) is 10.1 Å². The van der Waals surface area contributed by atoms with Crippen molar-refractivity contribution >= 4 is 33.2 Å². The molecule has 0 aliphatic heterocycles. The number of carbonyl (C=O) groups excluding carboxylic acids is 1. The third kappa shape index (κ3) is 4.64. The van der Waals surface area contributed by atoms with Crippen molar-refractivity contribution in [3.8, 4) is 11.3 Å². The highest BCUT2D eigenvalue weighted by molar-refractivity contribution is 9.10. The number of carbonyl (C=O) groups is 1. The van der Waals surface area contributed by atoms with Gasteiger partial charge in [0.05, 0.1) is 10.6 Å². The molecule has 0 saturated heterocycles. The Morgan fingerprint density at radius 3 is 2.59 bits per heavy atom. The summed E-state index contributed by atoms with van der Waals surface area (Å²) in [4.78, 5) is 34.5. The molecule has 0 bridgehead atoms. The molecule has 0 saturated carbocycles. The normalized spacial score (nSPS) is 10.4. The summed E-state index contributed by atoms with van der Waals surface area (Å²) < 4.78 is 1.96. The number of benzene rings is 2. The zero-order valence-electron chi connectivity index (χ0n) is 13.8. The maximum atomic E-state index is 12.2. The summed E-state index contributed by atoms with van der Waals surface area (Å²) in [5, 5.41) is 17.6. The van der Waals surface area contributed by atoms with E-state index in [0.29, 0.717) is 5.69 Å². The summed E-state index contributed by atoms with van der Waals surface area (Å²) in [6.45, 7) is -0.314. The van der Waals surface area contributed by atoms with Crippen molar-refractivity contribution in [1.29, 1.82) is 0 Å². The second kappa shape index (κ2) is 7.92. The number of hydrogen-bond acceptors (Lipinski definition) is 5. The average Bonchev–Trinajstić information content (AvgIpc) is 2.64. The van der Waals surface area contributed by atoms with Crippen LogP contribution in [0.1, 0.15) is 0 Å². The quantitative estimate of drug-likeness (QED) is 0.495. The third-order valence-corrected chi connectivity index (χ3v) is 4.17. The van der Waals surface area contributed by atoms with Crippen LogP contribution in [-0.2, 0) is 11.3 Å². The molecule has 27 heavy (non-hydrogen) atoms. The SMILES string of the molecule is O=C(Cn1nc(-c2ccc(Br)cc2)ccc1=O)Nc1cccc([N+](=O)[O-])c1. The van der Waals surface area contributed by atoms with Crippen LogP contribution in [0.4, 0.5) is 11.4 Å². The van der Waals surface area contributed by atoms with Gasteiger partial charge in [0.25, 0.3) is 11.2 Å². The average molecular weight is 429 g/mol. The smallest absolute Gasteiger partial charge is 0.271 e. The molecule has 0 spiro atoms. The van der Waals surface area contributed by atoms with Crippen LogP contribution in [0.3, 0.4) is 0 Å². The van der Waals surface area contributed by atoms with E-state index in [1.54, 1.807) is 6.07 Å². The number of aromatic nitrogens is 2. The lowest BCUT2D eigenvalue weighted by molar-refractivity contribution is -0.384. The Morgan fingerprint density at radius 2 is 1.89 bits per heavy atom. The van der Waals surface area contributed by atoms with Crippen LogP contribution >= 0.6 is 15.9 Å². The number of anilines is 1. The predicted molar refractivity (Wildman–Crippen MR) is 103 cm³/mol. The van der Waals surface area contributed by atoms with Gasteiger partial charge in [0, 0.05) is 33.9 Å². The highest BCUT2D eigenvalue weighted by Crippen LogP contribution is 2.19. The predicted octanol–water partition coefficient (Wildman–Crippen LogP) is 3.22. The molecule has 3 aromatic rings. The van der Waals surface area contributed by atoms with Crippen molar-refractivity contribution in [3.05, 3.63) is 85.6 Å². The largest absolute Gasteiger partial charge is 0.324 e. The van der Waals surface area contributed by atoms with Gasteiger partial charge in [0.15, 0.2) is 0 Å². The van der Waals surface area contributed by atoms with E-state index in [-0.39, 0.29) is 17.9 Å². The van der Waals surface area contributed by atoms with Gasteiger partial charge in [0.2, 0.25) is 5.91 Å². The van der Waals surface area contributed by atoms with E-state index in [0.717, 1.165) is 14.7 Å². The lowest BCUT2D eigenvalue weighted by atomic mass is 10.1. The number of amides is 1. The van der Waals surface area contributed by atoms with E-state index in [4.69, 9.17) is 0 Å². The number of halogens is 1. The van der Waals surface area contributed by atoms with E-state index in [9.17, 15) is 19.7 Å². The van der Waals surface area contributed by atoms with Crippen molar-refractivity contribution < 1.29 is 9.72 Å². The summed E-state index contributed by atoms with van der Waals surface area (Å²) in [5.74, 6) is -0.516. The molecular formula is C18H13BrN4O4. The summed E-state index contributed by atoms with van der Waals surface area (Å²) in [5.41, 5.74) is 1.05. The lowest BCUT2D eigenvalue weighted by Gasteiger charge is -2.08. The molecule has 136 valence electrons. The first-order valence-electron chi connectivity index (χ1n) is 7.81. The molecule has 0 aliphatic carbocycles. The highest BCUT2D eigenvalue weighted by atomic mass is 79.9. The zero-order chi connectivity index (χ0) is 19.4. The Kier molecular flexibility index (Phi) is 5.41. The van der Waals surface area contributed by atoms with Gasteiger partial charge in [-0.3, -0.25) is 19.7 Å². The van der Waals surface area contributed by atoms with Crippen LogP contribution in [-0.4, -0.2) is 20.6 Å². The van der Waals surface area contributed by atoms with Crippen LogP contribution in [0.15, 0.2) is 69.9 Å². The summed E-state index contributed by atoms with van der Waals surface area (Å²) in [6.07, 6.45) is 0. The Balaban J connectivity index is 1.78. The Morgan fingerprint density at radius 1 is 1.15 bits per heavy atom. The molecule has 3 rings (SSSR count). The van der Waals surface area contributed by atoms with Crippen molar-refractivity contribution in [3.63, 3.8) is 0 Å². The van der Waals surface area contributed by atoms with E-state index in [2.05, 4.69) is 26.3 Å². The molecule has 1 amide bonds. The van der Waals surface area contributed by atoms with Gasteiger partial charge in [0.1, 0.15) is 6.54 Å². The maximum absolute atomic E-state index is 12.2. The molecule has 0 fully saturated rings. The van der Waals surface area contributed by atoms with Crippen molar-refractivity contribution in [2.75, 3.05) is 5.32 Å². The van der Waals surface area contributed by atoms with Crippen LogP contribution < -0.4 is 10.9 Å². The van der Waals surface area contributed by atoms with Gasteiger partial charge in [-0.15, -0.1) is 0 Å². The van der Waals surface area contributed by atoms with Crippen molar-refractivity contribution in [1.82, 2.24) is 9.78 Å². The van der Waals surface area contributed by atoms with Crippen LogP contribution in [0.2, 0.25) is 0 Å². The molecule has 1 heterocycles. The fourth-order valence-electron chi connectivity index (χ4n) is 2.37. The molecule has 2 aromatic carbocycles. The van der Waals surface area contributed by atoms with Gasteiger partial charge in [-0.25, -0.2) is 4.68 Å². The molecule has 0 aliphatic rings. The molecule has 1 aromatic heterocycles. The lowest BCUT2D eigenvalue weighted by Crippen LogP contribution is -2.29. The van der Waals surface area contributed by atoms with E-state index >= 15 is 0 Å². The minimum absolute atomic E-state index is 0.139. The molecular weight excluding hydrogens is 416 g/mol. The molecule has 9 heteroatoms. The minimum atomic E-state index is -0.552. The van der Waals surface area contributed by atoms with Gasteiger partial charge in [-0.1, -0.05) is 34.1 Å². The molecule has 0 atom stereocenters. The first kappa shape index (κ1) is 18.5. The van der Waals surface area contributed by atoms with E-state index < -0.39 is 16.4 Å². The standard InChI is InChI=1S/C18H13BrN4O4/c19-13-6-4-12(5-7-13)16-8-9-18(25)22(21-16)11-17(24)20-14-2-1-3-15(10-14)23(26)27/h1-10H,11H2,(H,20,24). The highest BCUT2D eigenvalue weighted by Gasteiger charge is 2.11. The van der Waals surface area contributed by atoms with Gasteiger partial charge in [-0.2, -0.15) is 5.10 Å². The van der Waals surface area contributed by atoms with Crippen molar-refractivity contribution in [2.45, 2.75) is 6.54 Å². The number of rotatable bonds is 5. The molecule has 1 N–H and O–H groups in total. The third-order valence-electron chi connectivity index (χ3n) is 3.64. The second-order valence-electron chi connectivity index (χ2n) is 5.58. The first-order chi connectivity index (χ1) is 12.9. The summed E-state index contributed by atoms with van der Waals surface area (Å²) in [7, 11) is 0. The molecule has 0 unspecified atom stereocenters. The Hall–Kier alpha value is -3.33. The maximum Gasteiger partial charge on any atom is 0.271 e. The summed E-state index contributed by atoms with van der Waals surface area (Å²) in [6, 6.07) is 15.9. The van der Waals surface area contributed by atoms with Crippen molar-refractivity contribution in [2.24, 2.45) is 0 Å². The van der Waals surface area contributed by atoms with Crippen LogP contribution in [0.5, 0.6) is 0 Å². The summed E-state index contributed by atoms with van der Waals surface area (Å²) >= 11 is 3.35. The number of non-ortho nitro benzene ring substituents is 1. The van der Waals surface area contributed by atoms with Crippen LogP contribution in [0.25, 0.3) is 11.3 Å². The fraction of sp³-hybridized carbons (Fsp3) is 0.0556. The Bertz CT molecular complexity index is 1060. The number of nitro groups is 1. The van der Waals surface area contributed by atoms with Gasteiger partial charge < -0.3 is 5.32 Å². The number of hydrogen-bond donors (Lipinski definition) is 1. The number of nitrogens with one attached hydrogen (secondary N) is 1.